The topological polar surface area (TPSA) is 52.2 Å². The second-order valence-corrected chi connectivity index (χ2v) is 5.87. The van der Waals surface area contributed by atoms with Gasteiger partial charge in [0.15, 0.2) is 5.65 Å². The molecule has 106 valence electrons. The second kappa shape index (κ2) is 4.43. The first-order valence-electron chi connectivity index (χ1n) is 6.80. The van der Waals surface area contributed by atoms with E-state index in [1.807, 2.05) is 18.3 Å². The molecular formula is C15H13ClN4O. The molecule has 0 saturated heterocycles. The molecule has 0 N–H and O–H groups in total. The molecule has 3 heterocycles. The molecular weight excluding hydrogens is 288 g/mol. The lowest BCUT2D eigenvalue weighted by Gasteiger charge is -2.05. The first-order chi connectivity index (χ1) is 10.1. The Morgan fingerprint density at radius 1 is 1.33 bits per heavy atom. The molecule has 0 amide bonds. The molecule has 0 bridgehead atoms. The molecule has 4 rings (SSSR count). The minimum absolute atomic E-state index is 0.0125. The van der Waals surface area contributed by atoms with E-state index in [0.717, 1.165) is 17.6 Å². The van der Waals surface area contributed by atoms with Crippen LogP contribution in [0.4, 0.5) is 0 Å². The van der Waals surface area contributed by atoms with E-state index in [0.29, 0.717) is 17.0 Å². The fourth-order valence-electron chi connectivity index (χ4n) is 2.92. The molecule has 6 heteroatoms. The Kier molecular flexibility index (Phi) is 2.65. The van der Waals surface area contributed by atoms with Crippen LogP contribution in [0.3, 0.4) is 0 Å². The average Bonchev–Trinajstić information content (AvgIpc) is 3.11. The van der Waals surface area contributed by atoms with Crippen LogP contribution < -0.4 is 5.56 Å². The molecule has 3 aromatic heterocycles. The quantitative estimate of drug-likeness (QED) is 0.730. The number of hydrogen-bond acceptors (Lipinski definition) is 3. The van der Waals surface area contributed by atoms with Crippen molar-refractivity contribution in [1.82, 2.24) is 19.2 Å². The van der Waals surface area contributed by atoms with Crippen molar-refractivity contribution < 1.29 is 0 Å². The largest absolute Gasteiger partial charge is 0.318 e. The molecule has 0 aromatic carbocycles. The van der Waals surface area contributed by atoms with Gasteiger partial charge in [-0.05, 0) is 29.9 Å². The van der Waals surface area contributed by atoms with Crippen LogP contribution in [0.15, 0.2) is 41.6 Å². The van der Waals surface area contributed by atoms with Gasteiger partial charge < -0.3 is 4.57 Å². The summed E-state index contributed by atoms with van der Waals surface area (Å²) < 4.78 is 3.34. The third-order valence-electron chi connectivity index (χ3n) is 4.08. The van der Waals surface area contributed by atoms with Crippen molar-refractivity contribution >= 4 is 17.2 Å². The van der Waals surface area contributed by atoms with E-state index in [1.54, 1.807) is 34.6 Å². The molecule has 21 heavy (non-hydrogen) atoms. The molecule has 2 atom stereocenters. The van der Waals surface area contributed by atoms with Gasteiger partial charge in [-0.2, -0.15) is 5.10 Å². The Morgan fingerprint density at radius 3 is 3.00 bits per heavy atom. The maximum absolute atomic E-state index is 11.5. The van der Waals surface area contributed by atoms with Gasteiger partial charge in [-0.25, -0.2) is 9.50 Å². The summed E-state index contributed by atoms with van der Waals surface area (Å²) in [7, 11) is 1.78. The van der Waals surface area contributed by atoms with Crippen LogP contribution in [-0.4, -0.2) is 19.2 Å². The molecule has 1 fully saturated rings. The minimum atomic E-state index is 0.0125. The number of rotatable bonds is 2. The number of aryl methyl sites for hydroxylation is 1. The smallest absolute Gasteiger partial charge is 0.250 e. The van der Waals surface area contributed by atoms with E-state index in [1.165, 1.54) is 5.56 Å². The number of imidazole rings is 1. The molecule has 1 aliphatic carbocycles. The van der Waals surface area contributed by atoms with Gasteiger partial charge in [0, 0.05) is 37.3 Å². The van der Waals surface area contributed by atoms with Gasteiger partial charge in [0.05, 0.1) is 0 Å². The van der Waals surface area contributed by atoms with Crippen LogP contribution in [-0.2, 0) is 7.05 Å². The third-order valence-corrected chi connectivity index (χ3v) is 4.27. The van der Waals surface area contributed by atoms with E-state index < -0.39 is 0 Å². The number of halogens is 1. The average molecular weight is 301 g/mol. The van der Waals surface area contributed by atoms with Gasteiger partial charge >= 0.3 is 0 Å². The maximum atomic E-state index is 11.5. The van der Waals surface area contributed by atoms with Crippen LogP contribution >= 0.6 is 11.6 Å². The summed E-state index contributed by atoms with van der Waals surface area (Å²) in [5, 5.41) is 4.68. The van der Waals surface area contributed by atoms with Crippen LogP contribution in [0.5, 0.6) is 0 Å². The van der Waals surface area contributed by atoms with Crippen molar-refractivity contribution in [2.24, 2.45) is 7.05 Å². The van der Waals surface area contributed by atoms with Gasteiger partial charge in [-0.15, -0.1) is 0 Å². The van der Waals surface area contributed by atoms with Crippen LogP contribution in [0.25, 0.3) is 5.65 Å². The van der Waals surface area contributed by atoms with Crippen molar-refractivity contribution in [1.29, 1.82) is 0 Å². The Labute approximate surface area is 125 Å². The summed E-state index contributed by atoms with van der Waals surface area (Å²) in [4.78, 5) is 15.8. The van der Waals surface area contributed by atoms with Crippen molar-refractivity contribution in [2.75, 3.05) is 0 Å². The molecule has 1 unspecified atom stereocenters. The summed E-state index contributed by atoms with van der Waals surface area (Å²) in [5.41, 5.74) is 3.17. The molecule has 3 aromatic rings. The van der Waals surface area contributed by atoms with Crippen LogP contribution in [0, 0.1) is 0 Å². The zero-order valence-corrected chi connectivity index (χ0v) is 12.2. The number of hydrogen-bond donors (Lipinski definition) is 0. The zero-order chi connectivity index (χ0) is 14.6. The van der Waals surface area contributed by atoms with Crippen molar-refractivity contribution in [3.05, 3.63) is 63.4 Å². The zero-order valence-electron chi connectivity index (χ0n) is 11.4. The van der Waals surface area contributed by atoms with Crippen LogP contribution in [0.1, 0.15) is 29.4 Å². The minimum Gasteiger partial charge on any atom is -0.318 e. The summed E-state index contributed by atoms with van der Waals surface area (Å²) in [6.45, 7) is 0. The highest BCUT2D eigenvalue weighted by Crippen LogP contribution is 2.55. The molecule has 0 aliphatic heterocycles. The van der Waals surface area contributed by atoms with Gasteiger partial charge in [-0.1, -0.05) is 17.7 Å². The Morgan fingerprint density at radius 2 is 2.19 bits per heavy atom. The van der Waals surface area contributed by atoms with E-state index in [4.69, 9.17) is 11.6 Å². The lowest BCUT2D eigenvalue weighted by molar-refractivity contribution is 0.834. The molecule has 5 nitrogen and oxygen atoms in total. The normalized spacial score (nSPS) is 20.9. The first kappa shape index (κ1) is 12.6. The van der Waals surface area contributed by atoms with Crippen molar-refractivity contribution in [3.63, 3.8) is 0 Å². The Hall–Kier alpha value is -2.14. The fourth-order valence-corrected chi connectivity index (χ4v) is 3.12. The van der Waals surface area contributed by atoms with E-state index in [2.05, 4.69) is 10.1 Å². The summed E-state index contributed by atoms with van der Waals surface area (Å²) >= 11 is 6.09. The third kappa shape index (κ3) is 2.05. The van der Waals surface area contributed by atoms with Crippen LogP contribution in [0.2, 0.25) is 5.15 Å². The van der Waals surface area contributed by atoms with E-state index >= 15 is 0 Å². The Balaban J connectivity index is 1.73. The molecule has 1 saturated carbocycles. The maximum Gasteiger partial charge on any atom is 0.250 e. The fraction of sp³-hybridized carbons (Fsp3) is 0.267. The summed E-state index contributed by atoms with van der Waals surface area (Å²) in [5.74, 6) is 0.795. The van der Waals surface area contributed by atoms with Crippen molar-refractivity contribution in [2.45, 2.75) is 18.3 Å². The molecule has 1 aliphatic rings. The lowest BCUT2D eigenvalue weighted by Crippen LogP contribution is -2.14. The Bertz CT molecular complexity index is 898. The van der Waals surface area contributed by atoms with Gasteiger partial charge in [0.25, 0.3) is 0 Å². The number of aromatic nitrogens is 4. The highest BCUT2D eigenvalue weighted by atomic mass is 35.5. The summed E-state index contributed by atoms with van der Waals surface area (Å²) in [6.07, 6.45) is 6.49. The predicted molar refractivity (Wildman–Crippen MR) is 79.8 cm³/mol. The molecule has 0 radical (unpaired) electrons. The summed E-state index contributed by atoms with van der Waals surface area (Å²) in [6, 6.07) is 5.43. The first-order valence-corrected chi connectivity index (χ1v) is 7.17. The van der Waals surface area contributed by atoms with E-state index in [-0.39, 0.29) is 5.56 Å². The van der Waals surface area contributed by atoms with Gasteiger partial charge in [0.1, 0.15) is 5.15 Å². The standard InChI is InChI=1S/C15H13ClN4O/c1-19-8-9(2-3-14(19)21)10-6-11(10)12-7-13(16)18-20-5-4-17-15(12)20/h2-5,7-8,10-11H,6H2,1H3/t10?,11-/m0/s1. The van der Waals surface area contributed by atoms with Crippen molar-refractivity contribution in [3.8, 4) is 0 Å². The van der Waals surface area contributed by atoms with E-state index in [9.17, 15) is 4.79 Å². The molecule has 0 spiro atoms. The predicted octanol–water partition coefficient (Wildman–Crippen LogP) is 2.35. The lowest BCUT2D eigenvalue weighted by atomic mass is 10.1. The van der Waals surface area contributed by atoms with Gasteiger partial charge in [0.2, 0.25) is 5.56 Å². The number of fused-ring (bicyclic) bond motifs is 1. The SMILES string of the molecule is Cn1cc(C2C[C@@H]2c2cc(Cl)nn3ccnc23)ccc1=O. The highest BCUT2D eigenvalue weighted by Gasteiger charge is 2.41. The second-order valence-electron chi connectivity index (χ2n) is 5.48. The number of pyridine rings is 1. The monoisotopic (exact) mass is 300 g/mol. The van der Waals surface area contributed by atoms with Gasteiger partial charge in [-0.3, -0.25) is 4.79 Å². The highest BCUT2D eigenvalue weighted by molar-refractivity contribution is 6.29. The number of nitrogens with zero attached hydrogens (tertiary/aromatic N) is 4.